The molecule has 30 nitrogen and oxygen atoms in total. The molecular weight excluding hydrogens is 758 g/mol. The number of hydrogen-bond acceptors (Lipinski definition) is 18. The van der Waals surface area contributed by atoms with Gasteiger partial charge < -0.3 is 59.1 Å². The molecule has 0 aromatic heterocycles. The zero-order chi connectivity index (χ0) is 40.4. The van der Waals surface area contributed by atoms with Gasteiger partial charge in [-0.25, -0.2) is 8.78 Å². The van der Waals surface area contributed by atoms with Crippen molar-refractivity contribution in [3.8, 4) is 0 Å². The molecule has 3 saturated heterocycles. The molecule has 32 heteroatoms. The van der Waals surface area contributed by atoms with Gasteiger partial charge in [-0.05, 0) is 39.6 Å². The highest BCUT2D eigenvalue weighted by atomic mass is 19.3. The molecule has 4 aliphatic rings. The molecule has 18 unspecified atom stereocenters. The third-order valence-corrected chi connectivity index (χ3v) is 9.06. The van der Waals surface area contributed by atoms with Crippen LogP contribution in [0.2, 0.25) is 0 Å². The molecule has 0 aromatic carbocycles. The SMILES string of the molecule is [N-]=[N+]=NCC1OC(OC2C(CO)OC(OC3C(O)C(N=[N+]=[N-])CC(N=[N+]=[N-])C3OC3OC(CN=[N+]=[N-])C(F)(F)C(O)C3N=[N+]=[N-])C2O)C(N=[N+]=[N-])C(O)C1O. The fourth-order valence-corrected chi connectivity index (χ4v) is 6.38. The number of hydrogen-bond donors (Lipinski definition) is 6. The molecule has 300 valence electrons. The fourth-order valence-electron chi connectivity index (χ4n) is 6.38. The first kappa shape index (κ1) is 43.0. The summed E-state index contributed by atoms with van der Waals surface area (Å²) in [6.45, 7) is -2.52. The Labute approximate surface area is 303 Å². The van der Waals surface area contributed by atoms with Crippen LogP contribution in [-0.2, 0) is 28.4 Å². The predicted octanol–water partition coefficient (Wildman–Crippen LogP) is 0.489. The number of ether oxygens (including phenoxy) is 6. The van der Waals surface area contributed by atoms with E-state index in [9.17, 15) is 36.2 Å². The first-order valence-corrected chi connectivity index (χ1v) is 15.8. The molecule has 0 spiro atoms. The molecule has 6 N–H and O–H groups in total. The molecule has 0 radical (unpaired) electrons. The number of alkyl halides is 2. The van der Waals surface area contributed by atoms with Crippen molar-refractivity contribution in [3.63, 3.8) is 0 Å². The minimum Gasteiger partial charge on any atom is -0.394 e. The number of halogens is 2. The minimum absolute atomic E-state index is 0.482. The summed E-state index contributed by atoms with van der Waals surface area (Å²) in [5.74, 6) is -4.18. The van der Waals surface area contributed by atoms with E-state index in [2.05, 4.69) is 60.2 Å². The molecular formula is C23H32F2N18O12. The molecule has 18 atom stereocenters. The van der Waals surface area contributed by atoms with E-state index < -0.39 is 142 Å². The Morgan fingerprint density at radius 1 is 0.582 bits per heavy atom. The second-order valence-electron chi connectivity index (χ2n) is 12.1. The fraction of sp³-hybridized carbons (Fsp3) is 1.00. The summed E-state index contributed by atoms with van der Waals surface area (Å²) < 4.78 is 64.0. The number of azide groups is 6. The van der Waals surface area contributed by atoms with Gasteiger partial charge in [-0.1, -0.05) is 30.7 Å². The summed E-state index contributed by atoms with van der Waals surface area (Å²) >= 11 is 0. The maximum Gasteiger partial charge on any atom is 0.299 e. The van der Waals surface area contributed by atoms with E-state index >= 15 is 8.78 Å². The van der Waals surface area contributed by atoms with E-state index in [0.29, 0.717) is 0 Å². The van der Waals surface area contributed by atoms with E-state index in [1.165, 1.54) is 0 Å². The van der Waals surface area contributed by atoms with Crippen LogP contribution in [0.15, 0.2) is 30.7 Å². The molecule has 0 amide bonds. The van der Waals surface area contributed by atoms with Crippen molar-refractivity contribution in [2.75, 3.05) is 19.7 Å². The van der Waals surface area contributed by atoms with Crippen molar-refractivity contribution < 1.29 is 67.8 Å². The van der Waals surface area contributed by atoms with Gasteiger partial charge in [0, 0.05) is 29.5 Å². The van der Waals surface area contributed by atoms with Crippen molar-refractivity contribution in [1.29, 1.82) is 0 Å². The Morgan fingerprint density at radius 2 is 1.13 bits per heavy atom. The van der Waals surface area contributed by atoms with E-state index in [4.69, 9.17) is 56.1 Å². The summed E-state index contributed by atoms with van der Waals surface area (Å²) in [6.07, 6.45) is -27.6. The largest absolute Gasteiger partial charge is 0.394 e. The quantitative estimate of drug-likeness (QED) is 0.0750. The van der Waals surface area contributed by atoms with Crippen molar-refractivity contribution in [3.05, 3.63) is 62.7 Å². The standard InChI is InChI=1S/C23H32F2N18O12/c24-23(25)9(3-33-39-27)52-21(11(19(23)49)37-43-31)53-16-6(35-41-29)1-5(34-40-28)12(45)18(16)55-22-15(48)17(8(4-44)51-22)54-20-10(36-42-30)14(47)13(46)7(50-20)2-32-38-26/h5-22,44-49H,1-4H2. The van der Waals surface area contributed by atoms with Crippen molar-refractivity contribution in [2.45, 2.75) is 123 Å². The lowest BCUT2D eigenvalue weighted by Gasteiger charge is -2.47. The van der Waals surface area contributed by atoms with Gasteiger partial charge >= 0.3 is 0 Å². The van der Waals surface area contributed by atoms with Crippen molar-refractivity contribution in [2.24, 2.45) is 30.7 Å². The number of nitrogens with zero attached hydrogens (tertiary/aromatic N) is 18. The van der Waals surface area contributed by atoms with Gasteiger partial charge in [0.05, 0.1) is 56.2 Å². The average molecular weight is 791 g/mol. The predicted molar refractivity (Wildman–Crippen MR) is 167 cm³/mol. The number of rotatable bonds is 15. The molecule has 3 heterocycles. The second-order valence-corrected chi connectivity index (χ2v) is 12.1. The van der Waals surface area contributed by atoms with Crippen molar-refractivity contribution in [1.82, 2.24) is 0 Å². The molecule has 4 fully saturated rings. The van der Waals surface area contributed by atoms with Crippen LogP contribution in [0.25, 0.3) is 62.7 Å². The monoisotopic (exact) mass is 790 g/mol. The van der Waals surface area contributed by atoms with Crippen LogP contribution in [-0.4, -0.2) is 166 Å². The Kier molecular flexibility index (Phi) is 15.0. The Balaban J connectivity index is 1.68. The zero-order valence-corrected chi connectivity index (χ0v) is 27.7. The lowest BCUT2D eigenvalue weighted by molar-refractivity contribution is -0.333. The minimum atomic E-state index is -4.18. The Hall–Kier alpha value is -4.76. The van der Waals surface area contributed by atoms with Crippen LogP contribution in [0.5, 0.6) is 0 Å². The van der Waals surface area contributed by atoms with E-state index in [0.717, 1.165) is 0 Å². The normalized spacial score (nSPS) is 42.1. The Morgan fingerprint density at radius 3 is 1.75 bits per heavy atom. The highest BCUT2D eigenvalue weighted by Gasteiger charge is 2.60. The second kappa shape index (κ2) is 19.2. The summed E-state index contributed by atoms with van der Waals surface area (Å²) in [6, 6.07) is -6.91. The summed E-state index contributed by atoms with van der Waals surface area (Å²) in [5, 5.41) is 84.2. The van der Waals surface area contributed by atoms with E-state index in [-0.39, 0.29) is 0 Å². The molecule has 0 aromatic rings. The molecule has 1 aliphatic carbocycles. The first-order chi connectivity index (χ1) is 26.3. The highest BCUT2D eigenvalue weighted by molar-refractivity contribution is 5.05. The maximum atomic E-state index is 15.0. The summed E-state index contributed by atoms with van der Waals surface area (Å²) in [7, 11) is 0. The van der Waals surface area contributed by atoms with Gasteiger partial charge in [0.25, 0.3) is 5.92 Å². The molecule has 55 heavy (non-hydrogen) atoms. The zero-order valence-electron chi connectivity index (χ0n) is 27.7. The molecule has 3 aliphatic heterocycles. The van der Waals surface area contributed by atoms with Crippen LogP contribution < -0.4 is 0 Å². The maximum absolute atomic E-state index is 15.0. The molecule has 1 saturated carbocycles. The first-order valence-electron chi connectivity index (χ1n) is 15.8. The number of aliphatic hydroxyl groups is 6. The molecule has 4 rings (SSSR count). The van der Waals surface area contributed by atoms with Crippen LogP contribution in [0, 0.1) is 0 Å². The third-order valence-electron chi connectivity index (χ3n) is 9.06. The van der Waals surface area contributed by atoms with Gasteiger partial charge in [-0.3, -0.25) is 0 Å². The Bertz CT molecular complexity index is 1650. The number of aliphatic hydroxyl groups excluding tert-OH is 6. The average Bonchev–Trinajstić information content (AvgIpc) is 3.46. The lowest BCUT2D eigenvalue weighted by atomic mass is 9.84. The van der Waals surface area contributed by atoms with Gasteiger partial charge in [-0.2, -0.15) is 0 Å². The summed E-state index contributed by atoms with van der Waals surface area (Å²) in [4.78, 5) is 15.3. The smallest absolute Gasteiger partial charge is 0.299 e. The van der Waals surface area contributed by atoms with Crippen LogP contribution in [0.1, 0.15) is 6.42 Å². The van der Waals surface area contributed by atoms with E-state index in [1.54, 1.807) is 0 Å². The van der Waals surface area contributed by atoms with Gasteiger partial charge in [0.15, 0.2) is 18.9 Å². The van der Waals surface area contributed by atoms with Gasteiger partial charge in [0.1, 0.15) is 54.8 Å². The topological polar surface area (TPSA) is 469 Å². The van der Waals surface area contributed by atoms with Crippen LogP contribution in [0.4, 0.5) is 8.78 Å². The van der Waals surface area contributed by atoms with Crippen LogP contribution >= 0.6 is 0 Å². The van der Waals surface area contributed by atoms with Crippen molar-refractivity contribution >= 4 is 0 Å². The summed E-state index contributed by atoms with van der Waals surface area (Å²) in [5.41, 5.74) is 54.0. The molecule has 0 bridgehead atoms. The highest BCUT2D eigenvalue weighted by Crippen LogP contribution is 2.41. The van der Waals surface area contributed by atoms with E-state index in [1.807, 2.05) is 0 Å². The van der Waals surface area contributed by atoms with Crippen LogP contribution in [0.3, 0.4) is 0 Å². The van der Waals surface area contributed by atoms with Gasteiger partial charge in [-0.15, -0.1) is 0 Å². The lowest BCUT2D eigenvalue weighted by Crippen LogP contribution is -2.65. The third kappa shape index (κ3) is 9.21. The van der Waals surface area contributed by atoms with Gasteiger partial charge in [0.2, 0.25) is 0 Å².